The van der Waals surface area contributed by atoms with Crippen molar-refractivity contribution < 1.29 is 28.4 Å². The van der Waals surface area contributed by atoms with Crippen LogP contribution in [0.2, 0.25) is 0 Å². The van der Waals surface area contributed by atoms with Gasteiger partial charge in [0.25, 0.3) is 0 Å². The van der Waals surface area contributed by atoms with Crippen LogP contribution in [0.25, 0.3) is 0 Å². The first-order chi connectivity index (χ1) is 15.7. The summed E-state index contributed by atoms with van der Waals surface area (Å²) in [5.41, 5.74) is -0.493. The summed E-state index contributed by atoms with van der Waals surface area (Å²) in [6, 6.07) is 15.8. The van der Waals surface area contributed by atoms with Gasteiger partial charge in [-0.1, -0.05) is 30.3 Å². The lowest BCUT2D eigenvalue weighted by atomic mass is 10.1. The number of carbonyl (C=O) groups excluding carboxylic acids is 2. The predicted octanol–water partition coefficient (Wildman–Crippen LogP) is 5.42. The van der Waals surface area contributed by atoms with Crippen molar-refractivity contribution in [2.45, 2.75) is 70.2 Å². The van der Waals surface area contributed by atoms with Gasteiger partial charge >= 0.3 is 12.2 Å². The van der Waals surface area contributed by atoms with Gasteiger partial charge in [-0.3, -0.25) is 0 Å². The molecule has 2 rings (SSSR count). The summed E-state index contributed by atoms with van der Waals surface area (Å²) in [6.45, 7) is 10.1. The van der Waals surface area contributed by atoms with E-state index in [-0.39, 0.29) is 13.0 Å². The highest BCUT2D eigenvalue weighted by atomic mass is 32.2. The van der Waals surface area contributed by atoms with E-state index < -0.39 is 40.5 Å². The van der Waals surface area contributed by atoms with Crippen LogP contribution >= 0.6 is 0 Å². The van der Waals surface area contributed by atoms with Crippen molar-refractivity contribution in [2.24, 2.45) is 0 Å². The molecule has 0 heterocycles. The van der Waals surface area contributed by atoms with E-state index >= 15 is 0 Å². The molecule has 0 saturated carbocycles. The maximum absolute atomic E-state index is 12.6. The van der Waals surface area contributed by atoms with Crippen molar-refractivity contribution >= 4 is 28.9 Å². The normalized spacial score (nSPS) is 13.5. The molecule has 9 heteroatoms. The summed E-state index contributed by atoms with van der Waals surface area (Å²) in [7, 11) is -1.46. The molecule has 0 spiro atoms. The molecule has 0 aliphatic carbocycles. The van der Waals surface area contributed by atoms with E-state index in [0.29, 0.717) is 16.1 Å². The second-order valence-electron chi connectivity index (χ2n) is 9.73. The van der Waals surface area contributed by atoms with Gasteiger partial charge in [0.15, 0.2) is 0 Å². The molecule has 2 amide bonds. The Morgan fingerprint density at radius 1 is 0.941 bits per heavy atom. The molecule has 0 radical (unpaired) electrons. The molecule has 0 fully saturated rings. The number of hydrogen-bond donors (Lipinski definition) is 2. The SMILES string of the molecule is CC(C)(C)OC(=O)N(CCC(O)c1cccc(NS(=O)c2ccccc2)c1)C(=O)OC(C)(C)C. The van der Waals surface area contributed by atoms with Crippen LogP contribution in [-0.2, 0) is 20.5 Å². The van der Waals surface area contributed by atoms with Gasteiger partial charge in [-0.25, -0.2) is 18.7 Å². The summed E-state index contributed by atoms with van der Waals surface area (Å²) < 4.78 is 26.1. The minimum Gasteiger partial charge on any atom is -0.443 e. The predicted molar refractivity (Wildman–Crippen MR) is 132 cm³/mol. The van der Waals surface area contributed by atoms with Crippen LogP contribution in [0.5, 0.6) is 0 Å². The van der Waals surface area contributed by atoms with E-state index in [2.05, 4.69) is 4.72 Å². The third kappa shape index (κ3) is 9.15. The molecule has 8 nitrogen and oxygen atoms in total. The van der Waals surface area contributed by atoms with E-state index in [1.54, 1.807) is 90.1 Å². The Morgan fingerprint density at radius 2 is 1.50 bits per heavy atom. The highest BCUT2D eigenvalue weighted by Crippen LogP contribution is 2.23. The Kier molecular flexibility index (Phi) is 9.23. The van der Waals surface area contributed by atoms with Crippen molar-refractivity contribution in [1.29, 1.82) is 0 Å². The number of anilines is 1. The van der Waals surface area contributed by atoms with Gasteiger partial charge in [-0.05, 0) is 77.8 Å². The third-order valence-electron chi connectivity index (χ3n) is 4.29. The van der Waals surface area contributed by atoms with Crippen LogP contribution in [0, 0.1) is 0 Å². The molecule has 2 unspecified atom stereocenters. The van der Waals surface area contributed by atoms with Crippen LogP contribution in [0.3, 0.4) is 0 Å². The van der Waals surface area contributed by atoms with Gasteiger partial charge in [0, 0.05) is 12.2 Å². The van der Waals surface area contributed by atoms with Crippen LogP contribution < -0.4 is 4.72 Å². The van der Waals surface area contributed by atoms with Crippen LogP contribution in [0.4, 0.5) is 15.3 Å². The number of imide groups is 1. The average Bonchev–Trinajstić information content (AvgIpc) is 2.72. The van der Waals surface area contributed by atoms with Gasteiger partial charge in [-0.2, -0.15) is 0 Å². The monoisotopic (exact) mass is 490 g/mol. The molecule has 0 aliphatic heterocycles. The zero-order valence-electron chi connectivity index (χ0n) is 20.5. The second kappa shape index (κ2) is 11.5. The number of nitrogens with zero attached hydrogens (tertiary/aromatic N) is 1. The van der Waals surface area contributed by atoms with Crippen molar-refractivity contribution in [3.8, 4) is 0 Å². The molecule has 186 valence electrons. The van der Waals surface area contributed by atoms with E-state index in [9.17, 15) is 18.9 Å². The molecule has 2 aromatic carbocycles. The molecule has 2 N–H and O–H groups in total. The molecule has 0 bridgehead atoms. The third-order valence-corrected chi connectivity index (χ3v) is 5.41. The standard InChI is InChI=1S/C25H34N2O6S/c1-24(2,3)32-22(29)27(23(30)33-25(4,5)6)16-15-21(28)18-11-10-12-19(17-18)26-34(31)20-13-8-7-9-14-20/h7-14,17,21,26,28H,15-16H2,1-6H3. The van der Waals surface area contributed by atoms with E-state index in [0.717, 1.165) is 4.90 Å². The number of hydrogen-bond acceptors (Lipinski definition) is 6. The van der Waals surface area contributed by atoms with E-state index in [1.165, 1.54) is 0 Å². The van der Waals surface area contributed by atoms with E-state index in [1.807, 2.05) is 6.07 Å². The first-order valence-electron chi connectivity index (χ1n) is 11.0. The van der Waals surface area contributed by atoms with Crippen LogP contribution in [0.1, 0.15) is 59.6 Å². The highest BCUT2D eigenvalue weighted by Gasteiger charge is 2.31. The Balaban J connectivity index is 2.10. The van der Waals surface area contributed by atoms with Crippen molar-refractivity contribution in [2.75, 3.05) is 11.3 Å². The number of rotatable bonds is 7. The summed E-state index contributed by atoms with van der Waals surface area (Å²) in [5, 5.41) is 10.7. The van der Waals surface area contributed by atoms with E-state index in [4.69, 9.17) is 9.47 Å². The Morgan fingerprint density at radius 3 is 2.03 bits per heavy atom. The first kappa shape index (κ1) is 27.3. The second-order valence-corrected chi connectivity index (χ2v) is 10.9. The zero-order valence-corrected chi connectivity index (χ0v) is 21.3. The zero-order chi connectivity index (χ0) is 25.5. The lowest BCUT2D eigenvalue weighted by Gasteiger charge is -2.29. The summed E-state index contributed by atoms with van der Waals surface area (Å²) in [4.78, 5) is 26.7. The molecular weight excluding hydrogens is 456 g/mol. The topological polar surface area (TPSA) is 105 Å². The number of amides is 2. The fourth-order valence-corrected chi connectivity index (χ4v) is 3.69. The summed E-state index contributed by atoms with van der Waals surface area (Å²) in [6.07, 6.45) is -2.62. The van der Waals surface area contributed by atoms with Crippen LogP contribution in [0.15, 0.2) is 59.5 Å². The van der Waals surface area contributed by atoms with Gasteiger partial charge in [0.2, 0.25) is 0 Å². The lowest BCUT2D eigenvalue weighted by Crippen LogP contribution is -2.44. The minimum absolute atomic E-state index is 0.0592. The van der Waals surface area contributed by atoms with Crippen LogP contribution in [-0.4, -0.2) is 44.1 Å². The summed E-state index contributed by atoms with van der Waals surface area (Å²) in [5.74, 6) is 0. The van der Waals surface area contributed by atoms with Gasteiger partial charge in [0.05, 0.1) is 11.0 Å². The number of aliphatic hydroxyl groups is 1. The number of carbonyl (C=O) groups is 2. The number of ether oxygens (including phenoxy) is 2. The minimum atomic E-state index is -1.46. The largest absolute Gasteiger partial charge is 0.443 e. The summed E-state index contributed by atoms with van der Waals surface area (Å²) >= 11 is 0. The molecule has 0 aliphatic rings. The van der Waals surface area contributed by atoms with Gasteiger partial charge < -0.3 is 19.3 Å². The first-order valence-corrected chi connectivity index (χ1v) is 12.2. The van der Waals surface area contributed by atoms with Crippen molar-refractivity contribution in [1.82, 2.24) is 4.90 Å². The Bertz CT molecular complexity index is 970. The lowest BCUT2D eigenvalue weighted by molar-refractivity contribution is -0.000907. The number of nitrogens with one attached hydrogen (secondary N) is 1. The van der Waals surface area contributed by atoms with Gasteiger partial charge in [-0.15, -0.1) is 0 Å². The maximum atomic E-state index is 12.6. The molecule has 2 atom stereocenters. The molecule has 0 aromatic heterocycles. The quantitative estimate of drug-likeness (QED) is 0.537. The Hall–Kier alpha value is -2.91. The molecule has 34 heavy (non-hydrogen) atoms. The fourth-order valence-electron chi connectivity index (χ4n) is 2.83. The van der Waals surface area contributed by atoms with Gasteiger partial charge in [0.1, 0.15) is 22.2 Å². The van der Waals surface area contributed by atoms with Crippen molar-refractivity contribution in [3.05, 3.63) is 60.2 Å². The molecule has 2 aromatic rings. The molecule has 0 saturated heterocycles. The number of aliphatic hydroxyl groups excluding tert-OH is 1. The average molecular weight is 491 g/mol. The molecular formula is C25H34N2O6S. The fraction of sp³-hybridized carbons (Fsp3) is 0.440. The van der Waals surface area contributed by atoms with Crippen molar-refractivity contribution in [3.63, 3.8) is 0 Å². The number of benzene rings is 2. The highest BCUT2D eigenvalue weighted by molar-refractivity contribution is 7.86. The smallest absolute Gasteiger partial charge is 0.419 e. The maximum Gasteiger partial charge on any atom is 0.419 e. The Labute approximate surface area is 203 Å².